The second kappa shape index (κ2) is 9.25. The summed E-state index contributed by atoms with van der Waals surface area (Å²) in [4.78, 5) is 2.17. The van der Waals surface area contributed by atoms with Gasteiger partial charge in [-0.05, 0) is 36.4 Å². The van der Waals surface area contributed by atoms with Gasteiger partial charge in [-0.25, -0.2) is 4.39 Å². The van der Waals surface area contributed by atoms with Gasteiger partial charge in [0.05, 0.1) is 52.2 Å². The van der Waals surface area contributed by atoms with Crippen LogP contribution in [0.5, 0.6) is 0 Å². The highest BCUT2D eigenvalue weighted by Gasteiger charge is 2.14. The maximum atomic E-state index is 12.4. The van der Waals surface area contributed by atoms with E-state index in [9.17, 15) is 4.39 Å². The van der Waals surface area contributed by atoms with Gasteiger partial charge in [0.15, 0.2) is 0 Å². The van der Waals surface area contributed by atoms with Crippen LogP contribution in [0, 0.1) is 28.5 Å². The molecule has 0 N–H and O–H groups in total. The normalized spacial score (nSPS) is 13.2. The summed E-state index contributed by atoms with van der Waals surface area (Å²) in [6.45, 7) is 3.17. The van der Waals surface area contributed by atoms with Crippen LogP contribution in [0.3, 0.4) is 0 Å². The molecule has 25 heavy (non-hydrogen) atoms. The third kappa shape index (κ3) is 5.34. The third-order valence-electron chi connectivity index (χ3n) is 3.48. The van der Waals surface area contributed by atoms with Gasteiger partial charge in [-0.15, -0.1) is 0 Å². The van der Waals surface area contributed by atoms with E-state index in [4.69, 9.17) is 38.5 Å². The van der Waals surface area contributed by atoms with Crippen LogP contribution in [0.25, 0.3) is 0 Å². The van der Waals surface area contributed by atoms with Crippen LogP contribution in [0.2, 0.25) is 10.0 Å². The van der Waals surface area contributed by atoms with Gasteiger partial charge in [0, 0.05) is 13.1 Å². The fourth-order valence-electron chi connectivity index (χ4n) is 2.20. The highest BCUT2D eigenvalue weighted by Crippen LogP contribution is 2.27. The molecule has 3 rings (SSSR count). The highest BCUT2D eigenvalue weighted by molar-refractivity contribution is 6.33. The van der Waals surface area contributed by atoms with Crippen LogP contribution in [0.4, 0.5) is 10.1 Å². The molecule has 0 saturated carbocycles. The van der Waals surface area contributed by atoms with E-state index in [0.29, 0.717) is 16.1 Å². The van der Waals surface area contributed by atoms with E-state index >= 15 is 0 Å². The number of hydrogen-bond acceptors (Lipinski definition) is 4. The van der Waals surface area contributed by atoms with Crippen LogP contribution < -0.4 is 4.90 Å². The quantitative estimate of drug-likeness (QED) is 0.738. The van der Waals surface area contributed by atoms with Crippen molar-refractivity contribution in [2.24, 2.45) is 0 Å². The zero-order valence-electron chi connectivity index (χ0n) is 13.2. The molecular formula is C18H14Cl2FN3O. The number of benzene rings is 2. The Bertz CT molecular complexity index is 824. The largest absolute Gasteiger partial charge is 0.378 e. The number of halogens is 3. The molecule has 0 spiro atoms. The molecule has 0 atom stereocenters. The van der Waals surface area contributed by atoms with Gasteiger partial charge in [0.25, 0.3) is 0 Å². The van der Waals surface area contributed by atoms with Crippen LogP contribution in [-0.4, -0.2) is 26.3 Å². The Morgan fingerprint density at radius 2 is 1.48 bits per heavy atom. The van der Waals surface area contributed by atoms with Gasteiger partial charge in [0.2, 0.25) is 0 Å². The van der Waals surface area contributed by atoms with Gasteiger partial charge in [-0.2, -0.15) is 10.5 Å². The van der Waals surface area contributed by atoms with Gasteiger partial charge < -0.3 is 9.64 Å². The van der Waals surface area contributed by atoms with Crippen LogP contribution in [-0.2, 0) is 4.74 Å². The Labute approximate surface area is 155 Å². The molecule has 0 aliphatic carbocycles. The first kappa shape index (κ1) is 19.0. The lowest BCUT2D eigenvalue weighted by molar-refractivity contribution is 0.122. The Morgan fingerprint density at radius 1 is 0.920 bits per heavy atom. The Balaban J connectivity index is 0.000000196. The van der Waals surface area contributed by atoms with Crippen molar-refractivity contribution >= 4 is 28.9 Å². The lowest BCUT2D eigenvalue weighted by atomic mass is 10.2. The van der Waals surface area contributed by atoms with Gasteiger partial charge in [-0.1, -0.05) is 23.2 Å². The summed E-state index contributed by atoms with van der Waals surface area (Å²) >= 11 is 11.5. The minimum atomic E-state index is -0.499. The summed E-state index contributed by atoms with van der Waals surface area (Å²) in [6.07, 6.45) is 0. The average molecular weight is 378 g/mol. The SMILES string of the molecule is N#Cc1ccc(F)c(Cl)c1.N#Cc1ccc(N2CCOCC2)c(Cl)c1. The molecule has 2 aromatic rings. The average Bonchev–Trinajstić information content (AvgIpc) is 2.65. The summed E-state index contributed by atoms with van der Waals surface area (Å²) in [6, 6.07) is 13.1. The molecule has 0 bridgehead atoms. The second-order valence-corrected chi connectivity index (χ2v) is 5.93. The lowest BCUT2D eigenvalue weighted by Crippen LogP contribution is -2.36. The predicted molar refractivity (Wildman–Crippen MR) is 95.3 cm³/mol. The molecule has 2 aromatic carbocycles. The zero-order chi connectivity index (χ0) is 18.2. The molecule has 128 valence electrons. The number of nitrogens with zero attached hydrogens (tertiary/aromatic N) is 3. The molecule has 4 nitrogen and oxygen atoms in total. The number of nitriles is 2. The van der Waals surface area contributed by atoms with Crippen molar-refractivity contribution in [2.45, 2.75) is 0 Å². The molecule has 0 unspecified atom stereocenters. The van der Waals surface area contributed by atoms with E-state index < -0.39 is 5.82 Å². The summed E-state index contributed by atoms with van der Waals surface area (Å²) < 4.78 is 17.7. The summed E-state index contributed by atoms with van der Waals surface area (Å²) in [5, 5.41) is 17.7. The van der Waals surface area contributed by atoms with Crippen molar-refractivity contribution in [3.05, 3.63) is 63.4 Å². The first-order valence-corrected chi connectivity index (χ1v) is 8.18. The molecule has 1 aliphatic heterocycles. The fourth-order valence-corrected chi connectivity index (χ4v) is 2.68. The summed E-state index contributed by atoms with van der Waals surface area (Å²) in [5.74, 6) is -0.499. The first-order chi connectivity index (χ1) is 12.0. The van der Waals surface area contributed by atoms with Gasteiger partial charge >= 0.3 is 0 Å². The van der Waals surface area contributed by atoms with E-state index in [1.165, 1.54) is 18.2 Å². The number of hydrogen-bond donors (Lipinski definition) is 0. The Morgan fingerprint density at radius 3 is 2.00 bits per heavy atom. The standard InChI is InChI=1S/C11H11ClN2O.C7H3ClFN/c12-10-7-9(8-13)1-2-11(10)14-3-5-15-6-4-14;8-6-3-5(4-10)1-2-7(6)9/h1-2,7H,3-6H2;1-3H. The number of anilines is 1. The minimum Gasteiger partial charge on any atom is -0.378 e. The van der Waals surface area contributed by atoms with E-state index in [-0.39, 0.29) is 5.02 Å². The predicted octanol–water partition coefficient (Wildman–Crippen LogP) is 4.40. The van der Waals surface area contributed by atoms with E-state index in [0.717, 1.165) is 32.0 Å². The molecule has 1 fully saturated rings. The fraction of sp³-hybridized carbons (Fsp3) is 0.222. The van der Waals surface area contributed by atoms with Gasteiger partial charge in [0.1, 0.15) is 5.82 Å². The first-order valence-electron chi connectivity index (χ1n) is 7.42. The van der Waals surface area contributed by atoms with E-state index in [2.05, 4.69) is 11.0 Å². The van der Waals surface area contributed by atoms with Crippen LogP contribution in [0.15, 0.2) is 36.4 Å². The van der Waals surface area contributed by atoms with Crippen LogP contribution in [0.1, 0.15) is 11.1 Å². The molecule has 1 aliphatic rings. The third-order valence-corrected chi connectivity index (χ3v) is 4.07. The Kier molecular flexibility index (Phi) is 7.03. The molecule has 0 amide bonds. The molecule has 1 saturated heterocycles. The molecule has 0 radical (unpaired) electrons. The second-order valence-electron chi connectivity index (χ2n) is 5.12. The topological polar surface area (TPSA) is 60.0 Å². The summed E-state index contributed by atoms with van der Waals surface area (Å²) in [7, 11) is 0. The monoisotopic (exact) mass is 377 g/mol. The van der Waals surface area contributed by atoms with Crippen molar-refractivity contribution in [1.29, 1.82) is 10.5 Å². The Hall–Kier alpha value is -2.31. The van der Waals surface area contributed by atoms with Crippen LogP contribution >= 0.6 is 23.2 Å². The minimum absolute atomic E-state index is 0.0148. The van der Waals surface area contributed by atoms with Crippen molar-refractivity contribution in [2.75, 3.05) is 31.2 Å². The highest BCUT2D eigenvalue weighted by atomic mass is 35.5. The van der Waals surface area contributed by atoms with E-state index in [1.807, 2.05) is 12.1 Å². The molecule has 7 heteroatoms. The number of morpholine rings is 1. The van der Waals surface area contributed by atoms with Crippen molar-refractivity contribution in [3.63, 3.8) is 0 Å². The molecule has 1 heterocycles. The number of rotatable bonds is 1. The van der Waals surface area contributed by atoms with Gasteiger partial charge in [-0.3, -0.25) is 0 Å². The van der Waals surface area contributed by atoms with Crippen molar-refractivity contribution in [3.8, 4) is 12.1 Å². The van der Waals surface area contributed by atoms with Crippen molar-refractivity contribution in [1.82, 2.24) is 0 Å². The maximum absolute atomic E-state index is 12.4. The molecular weight excluding hydrogens is 364 g/mol. The molecule has 0 aromatic heterocycles. The van der Waals surface area contributed by atoms with Crippen molar-refractivity contribution < 1.29 is 9.13 Å². The maximum Gasteiger partial charge on any atom is 0.141 e. The van der Waals surface area contributed by atoms with E-state index in [1.54, 1.807) is 12.1 Å². The lowest BCUT2D eigenvalue weighted by Gasteiger charge is -2.29. The number of ether oxygens (including phenoxy) is 1. The summed E-state index contributed by atoms with van der Waals surface area (Å²) in [5.41, 5.74) is 1.95. The zero-order valence-corrected chi connectivity index (χ0v) is 14.7. The smallest absolute Gasteiger partial charge is 0.141 e.